The van der Waals surface area contributed by atoms with Crippen LogP contribution < -0.4 is 10.1 Å². The lowest BCUT2D eigenvalue weighted by molar-refractivity contribution is -0.118. The number of para-hydroxylation sites is 1. The summed E-state index contributed by atoms with van der Waals surface area (Å²) in [7, 11) is 1.70. The number of carbonyl (C=O) groups excluding carboxylic acids is 1. The van der Waals surface area contributed by atoms with Gasteiger partial charge in [0.25, 0.3) is 0 Å². The molecule has 1 N–H and O–H groups in total. The van der Waals surface area contributed by atoms with Gasteiger partial charge in [-0.2, -0.15) is 0 Å². The van der Waals surface area contributed by atoms with Crippen LogP contribution in [0.4, 0.5) is 5.69 Å². The van der Waals surface area contributed by atoms with E-state index >= 15 is 0 Å². The van der Waals surface area contributed by atoms with E-state index in [1.807, 2.05) is 32.0 Å². The van der Waals surface area contributed by atoms with Gasteiger partial charge in [0.2, 0.25) is 5.91 Å². The highest BCUT2D eigenvalue weighted by molar-refractivity contribution is 5.92. The fourth-order valence-corrected chi connectivity index (χ4v) is 5.15. The first-order valence-corrected chi connectivity index (χ1v) is 12.9. The Labute approximate surface area is 213 Å². The summed E-state index contributed by atoms with van der Waals surface area (Å²) < 4.78 is 7.62. The van der Waals surface area contributed by atoms with Crippen LogP contribution in [-0.4, -0.2) is 35.6 Å². The van der Waals surface area contributed by atoms with Crippen LogP contribution in [0.25, 0.3) is 16.6 Å². The zero-order valence-corrected chi connectivity index (χ0v) is 21.4. The molecular formula is C31H35N3O2. The molecule has 0 atom stereocenters. The Morgan fingerprint density at radius 1 is 1.00 bits per heavy atom. The number of fused-ring (bicyclic) bond motifs is 1. The van der Waals surface area contributed by atoms with Gasteiger partial charge < -0.3 is 14.6 Å². The minimum absolute atomic E-state index is 0.0208. The number of rotatable bonds is 7. The second-order valence-corrected chi connectivity index (χ2v) is 10.1. The largest absolute Gasteiger partial charge is 0.497 e. The first-order valence-electron chi connectivity index (χ1n) is 12.9. The molecule has 186 valence electrons. The average Bonchev–Trinajstić information content (AvgIpc) is 3.27. The molecule has 0 spiro atoms. The Bertz CT molecular complexity index is 1330. The Hall–Kier alpha value is -3.57. The fraction of sp³-hybridized carbons (Fsp3) is 0.323. The monoisotopic (exact) mass is 481 g/mol. The van der Waals surface area contributed by atoms with E-state index < -0.39 is 0 Å². The topological polar surface area (TPSA) is 46.5 Å². The maximum absolute atomic E-state index is 12.1. The first-order chi connectivity index (χ1) is 17.5. The average molecular weight is 482 g/mol. The zero-order valence-electron chi connectivity index (χ0n) is 21.4. The summed E-state index contributed by atoms with van der Waals surface area (Å²) in [6.07, 6.45) is 4.54. The van der Waals surface area contributed by atoms with Crippen molar-refractivity contribution in [2.75, 3.05) is 25.5 Å². The molecular weight excluding hydrogens is 446 g/mol. The molecule has 5 heteroatoms. The number of anilines is 1. The standard InChI is InChI=1S/C31H35N3O2/c1-22(2)31(35)32-26-8-6-7-24(19-26)23-15-17-33(18-16-23)20-25-21-34(30-10-5-4-9-29(25)30)27-11-13-28(36-3)14-12-27/h4-14,19,21-23H,15-18,20H2,1-3H3,(H,32,35). The van der Waals surface area contributed by atoms with E-state index in [1.54, 1.807) is 7.11 Å². The van der Waals surface area contributed by atoms with Gasteiger partial charge in [0.05, 0.1) is 12.6 Å². The fourth-order valence-electron chi connectivity index (χ4n) is 5.15. The van der Waals surface area contributed by atoms with Crippen molar-refractivity contribution in [1.82, 2.24) is 9.47 Å². The number of likely N-dealkylation sites (tertiary alicyclic amines) is 1. The second-order valence-electron chi connectivity index (χ2n) is 10.1. The van der Waals surface area contributed by atoms with E-state index in [0.29, 0.717) is 5.92 Å². The quantitative estimate of drug-likeness (QED) is 0.323. The Kier molecular flexibility index (Phi) is 7.10. The van der Waals surface area contributed by atoms with E-state index in [0.717, 1.165) is 49.6 Å². The van der Waals surface area contributed by atoms with Gasteiger partial charge in [-0.15, -0.1) is 0 Å². The Morgan fingerprint density at radius 2 is 1.75 bits per heavy atom. The maximum atomic E-state index is 12.1. The molecule has 0 saturated carbocycles. The third kappa shape index (κ3) is 5.17. The van der Waals surface area contributed by atoms with Crippen molar-refractivity contribution in [2.24, 2.45) is 5.92 Å². The van der Waals surface area contributed by atoms with Gasteiger partial charge in [0.1, 0.15) is 5.75 Å². The molecule has 4 aromatic rings. The number of hydrogen-bond donors (Lipinski definition) is 1. The molecule has 1 fully saturated rings. The molecule has 0 unspecified atom stereocenters. The molecule has 1 aliphatic heterocycles. The third-order valence-electron chi connectivity index (χ3n) is 7.28. The van der Waals surface area contributed by atoms with Crippen molar-refractivity contribution < 1.29 is 9.53 Å². The zero-order chi connectivity index (χ0) is 25.1. The third-order valence-corrected chi connectivity index (χ3v) is 7.28. The van der Waals surface area contributed by atoms with Crippen molar-refractivity contribution in [3.63, 3.8) is 0 Å². The number of benzene rings is 3. The lowest BCUT2D eigenvalue weighted by Gasteiger charge is -2.32. The molecule has 1 amide bonds. The number of hydrogen-bond acceptors (Lipinski definition) is 3. The van der Waals surface area contributed by atoms with Crippen LogP contribution in [0.15, 0.2) is 79.0 Å². The van der Waals surface area contributed by atoms with E-state index in [4.69, 9.17) is 4.74 Å². The van der Waals surface area contributed by atoms with Crippen molar-refractivity contribution in [2.45, 2.75) is 39.2 Å². The molecule has 0 aliphatic carbocycles. The van der Waals surface area contributed by atoms with Crippen LogP contribution in [0.3, 0.4) is 0 Å². The number of aromatic nitrogens is 1. The number of ether oxygens (including phenoxy) is 1. The predicted octanol–water partition coefficient (Wildman–Crippen LogP) is 6.61. The summed E-state index contributed by atoms with van der Waals surface area (Å²) in [6.45, 7) is 6.91. The summed E-state index contributed by atoms with van der Waals surface area (Å²) in [5, 5.41) is 4.35. The van der Waals surface area contributed by atoms with Gasteiger partial charge in [0.15, 0.2) is 0 Å². The van der Waals surface area contributed by atoms with Crippen molar-refractivity contribution in [3.8, 4) is 11.4 Å². The normalized spacial score (nSPS) is 14.9. The van der Waals surface area contributed by atoms with Gasteiger partial charge in [-0.1, -0.05) is 44.2 Å². The summed E-state index contributed by atoms with van der Waals surface area (Å²) in [6, 6.07) is 25.3. The van der Waals surface area contributed by atoms with Gasteiger partial charge in [0, 0.05) is 35.4 Å². The predicted molar refractivity (Wildman–Crippen MR) is 147 cm³/mol. The summed E-state index contributed by atoms with van der Waals surface area (Å²) >= 11 is 0. The molecule has 0 bridgehead atoms. The second kappa shape index (κ2) is 10.6. The first kappa shape index (κ1) is 24.1. The summed E-state index contributed by atoms with van der Waals surface area (Å²) in [5.41, 5.74) is 5.96. The van der Waals surface area contributed by atoms with Crippen LogP contribution in [-0.2, 0) is 11.3 Å². The number of piperidine rings is 1. The van der Waals surface area contributed by atoms with Gasteiger partial charge in [-0.3, -0.25) is 9.69 Å². The van der Waals surface area contributed by atoms with Crippen LogP contribution >= 0.6 is 0 Å². The summed E-state index contributed by atoms with van der Waals surface area (Å²) in [4.78, 5) is 14.7. The molecule has 1 aliphatic rings. The Balaban J connectivity index is 1.28. The maximum Gasteiger partial charge on any atom is 0.226 e. The van der Waals surface area contributed by atoms with Crippen LogP contribution in [0.1, 0.15) is 43.7 Å². The number of nitrogens with zero attached hydrogens (tertiary/aromatic N) is 2. The molecule has 2 heterocycles. The Morgan fingerprint density at radius 3 is 2.47 bits per heavy atom. The minimum atomic E-state index is -0.0208. The summed E-state index contributed by atoms with van der Waals surface area (Å²) in [5.74, 6) is 1.44. The number of carbonyl (C=O) groups is 1. The van der Waals surface area contributed by atoms with Crippen molar-refractivity contribution in [3.05, 3.63) is 90.1 Å². The molecule has 5 nitrogen and oxygen atoms in total. The van der Waals surface area contributed by atoms with E-state index in [-0.39, 0.29) is 11.8 Å². The highest BCUT2D eigenvalue weighted by atomic mass is 16.5. The van der Waals surface area contributed by atoms with E-state index in [2.05, 4.69) is 75.6 Å². The van der Waals surface area contributed by atoms with Crippen LogP contribution in [0.2, 0.25) is 0 Å². The van der Waals surface area contributed by atoms with Crippen LogP contribution in [0, 0.1) is 5.92 Å². The lowest BCUT2D eigenvalue weighted by Crippen LogP contribution is -2.32. The van der Waals surface area contributed by atoms with Crippen molar-refractivity contribution in [1.29, 1.82) is 0 Å². The molecule has 1 aromatic heterocycles. The van der Waals surface area contributed by atoms with E-state index in [1.165, 1.54) is 22.0 Å². The van der Waals surface area contributed by atoms with Crippen LogP contribution in [0.5, 0.6) is 5.75 Å². The SMILES string of the molecule is COc1ccc(-n2cc(CN3CCC(c4cccc(NC(=O)C(C)C)c4)CC3)c3ccccc32)cc1. The van der Waals surface area contributed by atoms with E-state index in [9.17, 15) is 4.79 Å². The molecule has 36 heavy (non-hydrogen) atoms. The van der Waals surface area contributed by atoms with Gasteiger partial charge in [-0.25, -0.2) is 0 Å². The lowest BCUT2D eigenvalue weighted by atomic mass is 9.89. The number of amides is 1. The molecule has 0 radical (unpaired) electrons. The smallest absolute Gasteiger partial charge is 0.226 e. The molecule has 3 aromatic carbocycles. The van der Waals surface area contributed by atoms with Gasteiger partial charge in [-0.05, 0) is 85.4 Å². The molecule has 5 rings (SSSR count). The van der Waals surface area contributed by atoms with Gasteiger partial charge >= 0.3 is 0 Å². The molecule has 1 saturated heterocycles. The highest BCUT2D eigenvalue weighted by Crippen LogP contribution is 2.32. The number of nitrogens with one attached hydrogen (secondary N) is 1. The highest BCUT2D eigenvalue weighted by Gasteiger charge is 2.22. The number of methoxy groups -OCH3 is 1. The minimum Gasteiger partial charge on any atom is -0.497 e. The van der Waals surface area contributed by atoms with Crippen molar-refractivity contribution >= 4 is 22.5 Å².